The van der Waals surface area contributed by atoms with Crippen LogP contribution in [0.2, 0.25) is 0 Å². The molecule has 2 heterocycles. The van der Waals surface area contributed by atoms with Crippen molar-refractivity contribution >= 4 is 17.3 Å². The highest BCUT2D eigenvalue weighted by molar-refractivity contribution is 5.88. The number of hydrogen-bond donors (Lipinski definition) is 0. The van der Waals surface area contributed by atoms with E-state index in [4.69, 9.17) is 0 Å². The van der Waals surface area contributed by atoms with E-state index in [-0.39, 0.29) is 12.3 Å². The Balaban J connectivity index is 2.69. The Bertz CT molecular complexity index is 723. The summed E-state index contributed by atoms with van der Waals surface area (Å²) in [7, 11) is 0. The highest BCUT2D eigenvalue weighted by Crippen LogP contribution is 2.34. The topological polar surface area (TPSA) is 86.7 Å². The van der Waals surface area contributed by atoms with Crippen LogP contribution in [0.1, 0.15) is 23.0 Å². The summed E-state index contributed by atoms with van der Waals surface area (Å²) in [6.45, 7) is 1.55. The first-order valence-electron chi connectivity index (χ1n) is 5.65. The molecule has 21 heavy (non-hydrogen) atoms. The molecule has 0 fully saturated rings. The van der Waals surface area contributed by atoms with Gasteiger partial charge < -0.3 is 4.74 Å². The SMILES string of the molecule is CCOC(=O)c1cn2cc([N+](=O)[O-])cc(C(F)(F)F)c2n1. The Labute approximate surface area is 115 Å². The second-order valence-electron chi connectivity index (χ2n) is 3.94. The van der Waals surface area contributed by atoms with E-state index in [1.165, 1.54) is 6.92 Å². The zero-order valence-electron chi connectivity index (χ0n) is 10.5. The normalized spacial score (nSPS) is 11.6. The number of esters is 1. The molecule has 0 atom stereocenters. The van der Waals surface area contributed by atoms with Crippen LogP contribution in [0.3, 0.4) is 0 Å². The van der Waals surface area contributed by atoms with E-state index in [0.29, 0.717) is 6.07 Å². The lowest BCUT2D eigenvalue weighted by molar-refractivity contribution is -0.385. The summed E-state index contributed by atoms with van der Waals surface area (Å²) in [5, 5.41) is 10.7. The average molecular weight is 303 g/mol. The predicted octanol–water partition coefficient (Wildman–Crippen LogP) is 2.44. The number of fused-ring (bicyclic) bond motifs is 1. The van der Waals surface area contributed by atoms with Crippen molar-refractivity contribution in [1.82, 2.24) is 9.38 Å². The molecule has 0 aliphatic heterocycles. The molecular weight excluding hydrogens is 295 g/mol. The van der Waals surface area contributed by atoms with Gasteiger partial charge in [-0.2, -0.15) is 13.2 Å². The van der Waals surface area contributed by atoms with E-state index in [2.05, 4.69) is 9.72 Å². The van der Waals surface area contributed by atoms with Crippen molar-refractivity contribution in [3.8, 4) is 0 Å². The van der Waals surface area contributed by atoms with Gasteiger partial charge in [0, 0.05) is 12.3 Å². The van der Waals surface area contributed by atoms with Crippen molar-refractivity contribution in [2.24, 2.45) is 0 Å². The van der Waals surface area contributed by atoms with Crippen molar-refractivity contribution in [3.05, 3.63) is 39.8 Å². The number of ether oxygens (including phenoxy) is 1. The second-order valence-corrected chi connectivity index (χ2v) is 3.94. The summed E-state index contributed by atoms with van der Waals surface area (Å²) in [4.78, 5) is 24.7. The number of rotatable bonds is 3. The predicted molar refractivity (Wildman–Crippen MR) is 62.8 cm³/mol. The number of carbonyl (C=O) groups excluding carboxylic acids is 1. The Morgan fingerprint density at radius 3 is 2.67 bits per heavy atom. The molecule has 0 bridgehead atoms. The minimum Gasteiger partial charge on any atom is -0.461 e. The second kappa shape index (κ2) is 5.04. The van der Waals surface area contributed by atoms with Gasteiger partial charge >= 0.3 is 12.1 Å². The molecule has 2 aromatic rings. The Morgan fingerprint density at radius 2 is 2.14 bits per heavy atom. The fourth-order valence-electron chi connectivity index (χ4n) is 1.70. The van der Waals surface area contributed by atoms with Gasteiger partial charge in [-0.05, 0) is 6.92 Å². The van der Waals surface area contributed by atoms with Gasteiger partial charge in [-0.25, -0.2) is 9.78 Å². The first-order chi connectivity index (χ1) is 9.74. The van der Waals surface area contributed by atoms with Gasteiger partial charge in [0.25, 0.3) is 5.69 Å². The number of alkyl halides is 3. The molecule has 0 spiro atoms. The first-order valence-corrected chi connectivity index (χ1v) is 5.65. The molecule has 112 valence electrons. The van der Waals surface area contributed by atoms with Gasteiger partial charge in [0.15, 0.2) is 11.3 Å². The lowest BCUT2D eigenvalue weighted by atomic mass is 10.2. The molecule has 0 radical (unpaired) electrons. The van der Waals surface area contributed by atoms with E-state index in [0.717, 1.165) is 16.8 Å². The summed E-state index contributed by atoms with van der Waals surface area (Å²) < 4.78 is 44.2. The van der Waals surface area contributed by atoms with Gasteiger partial charge in [0.2, 0.25) is 0 Å². The van der Waals surface area contributed by atoms with Gasteiger partial charge in [-0.3, -0.25) is 14.5 Å². The number of nitro groups is 1. The molecule has 0 amide bonds. The maximum atomic E-state index is 12.9. The third-order valence-corrected chi connectivity index (χ3v) is 2.54. The van der Waals surface area contributed by atoms with Gasteiger partial charge in [0.05, 0.1) is 17.7 Å². The van der Waals surface area contributed by atoms with Crippen LogP contribution in [0.4, 0.5) is 18.9 Å². The zero-order valence-corrected chi connectivity index (χ0v) is 10.5. The maximum Gasteiger partial charge on any atom is 0.420 e. The minimum atomic E-state index is -4.84. The van der Waals surface area contributed by atoms with Crippen molar-refractivity contribution in [2.75, 3.05) is 6.61 Å². The van der Waals surface area contributed by atoms with Gasteiger partial charge in [-0.15, -0.1) is 0 Å². The number of nitrogens with zero attached hydrogens (tertiary/aromatic N) is 3. The van der Waals surface area contributed by atoms with E-state index < -0.39 is 34.0 Å². The molecule has 0 unspecified atom stereocenters. The number of imidazole rings is 1. The molecule has 2 rings (SSSR count). The largest absolute Gasteiger partial charge is 0.461 e. The first kappa shape index (κ1) is 14.8. The van der Waals surface area contributed by atoms with E-state index in [1.807, 2.05) is 0 Å². The van der Waals surface area contributed by atoms with Crippen molar-refractivity contribution in [1.29, 1.82) is 0 Å². The maximum absolute atomic E-state index is 12.9. The molecule has 0 N–H and O–H groups in total. The van der Waals surface area contributed by atoms with Crippen LogP contribution in [0, 0.1) is 10.1 Å². The molecule has 7 nitrogen and oxygen atoms in total. The molecule has 0 aromatic carbocycles. The van der Waals surface area contributed by atoms with Crippen molar-refractivity contribution < 1.29 is 27.6 Å². The third-order valence-electron chi connectivity index (χ3n) is 2.54. The van der Waals surface area contributed by atoms with Crippen LogP contribution < -0.4 is 0 Å². The average Bonchev–Trinajstić information content (AvgIpc) is 2.80. The van der Waals surface area contributed by atoms with Crippen LogP contribution >= 0.6 is 0 Å². The highest BCUT2D eigenvalue weighted by Gasteiger charge is 2.36. The molecule has 0 saturated carbocycles. The fourth-order valence-corrected chi connectivity index (χ4v) is 1.70. The van der Waals surface area contributed by atoms with Crippen LogP contribution in [0.25, 0.3) is 5.65 Å². The number of pyridine rings is 1. The van der Waals surface area contributed by atoms with Gasteiger partial charge in [0.1, 0.15) is 5.56 Å². The fraction of sp³-hybridized carbons (Fsp3) is 0.273. The van der Waals surface area contributed by atoms with Crippen LogP contribution in [-0.4, -0.2) is 26.9 Å². The monoisotopic (exact) mass is 303 g/mol. The van der Waals surface area contributed by atoms with Crippen molar-refractivity contribution in [3.63, 3.8) is 0 Å². The lowest BCUT2D eigenvalue weighted by Gasteiger charge is -2.07. The molecule has 0 aliphatic carbocycles. The number of carbonyl (C=O) groups is 1. The zero-order chi connectivity index (χ0) is 15.8. The number of halogens is 3. The van der Waals surface area contributed by atoms with Gasteiger partial charge in [-0.1, -0.05) is 0 Å². The van der Waals surface area contributed by atoms with Crippen LogP contribution in [-0.2, 0) is 10.9 Å². The molecular formula is C11H8F3N3O4. The molecule has 0 aliphatic rings. The summed E-state index contributed by atoms with van der Waals surface area (Å²) >= 11 is 0. The summed E-state index contributed by atoms with van der Waals surface area (Å²) in [6, 6.07) is 0.372. The Hall–Kier alpha value is -2.65. The molecule has 2 aromatic heterocycles. The Kier molecular flexibility index (Phi) is 3.54. The van der Waals surface area contributed by atoms with Crippen molar-refractivity contribution in [2.45, 2.75) is 13.1 Å². The quantitative estimate of drug-likeness (QED) is 0.494. The van der Waals surface area contributed by atoms with E-state index >= 15 is 0 Å². The smallest absolute Gasteiger partial charge is 0.420 e. The summed E-state index contributed by atoms with van der Waals surface area (Å²) in [5.74, 6) is -0.906. The number of hydrogen-bond acceptors (Lipinski definition) is 5. The Morgan fingerprint density at radius 1 is 1.48 bits per heavy atom. The van der Waals surface area contributed by atoms with E-state index in [1.54, 1.807) is 0 Å². The van der Waals surface area contributed by atoms with Crippen LogP contribution in [0.15, 0.2) is 18.5 Å². The highest BCUT2D eigenvalue weighted by atomic mass is 19.4. The van der Waals surface area contributed by atoms with Crippen LogP contribution in [0.5, 0.6) is 0 Å². The number of aromatic nitrogens is 2. The summed E-state index contributed by atoms with van der Waals surface area (Å²) in [6.07, 6.45) is -3.04. The summed E-state index contributed by atoms with van der Waals surface area (Å²) in [5.41, 5.74) is -3.02. The van der Waals surface area contributed by atoms with E-state index in [9.17, 15) is 28.1 Å². The lowest BCUT2D eigenvalue weighted by Crippen LogP contribution is -2.09. The molecule has 0 saturated heterocycles. The third kappa shape index (κ3) is 2.78. The molecule has 10 heteroatoms. The standard InChI is InChI=1S/C11H8F3N3O4/c1-2-21-10(18)8-5-16-4-6(17(19)20)3-7(9(16)15-8)11(12,13)14/h3-5H,2H2,1H3. The minimum absolute atomic E-state index is 0.0268.